The first kappa shape index (κ1) is 12.4. The largest absolute Gasteiger partial charge is 0.496 e. The van der Waals surface area contributed by atoms with Crippen LogP contribution in [0.3, 0.4) is 0 Å². The molecule has 1 aliphatic heterocycles. The zero-order valence-electron chi connectivity index (χ0n) is 11.3. The highest BCUT2D eigenvalue weighted by atomic mass is 16.5. The molecule has 2 nitrogen and oxygen atoms in total. The van der Waals surface area contributed by atoms with Crippen LogP contribution in [0, 0.1) is 13.8 Å². The summed E-state index contributed by atoms with van der Waals surface area (Å²) >= 11 is 0. The van der Waals surface area contributed by atoms with Crippen molar-refractivity contribution in [1.29, 1.82) is 0 Å². The minimum atomic E-state index is 1.01. The maximum absolute atomic E-state index is 5.36. The molecule has 1 heterocycles. The van der Waals surface area contributed by atoms with Crippen LogP contribution in [0.2, 0.25) is 0 Å². The summed E-state index contributed by atoms with van der Waals surface area (Å²) in [6.45, 7) is 8.23. The van der Waals surface area contributed by atoms with Crippen LogP contribution in [0.1, 0.15) is 36.0 Å². The quantitative estimate of drug-likeness (QED) is 0.843. The number of likely N-dealkylation sites (tertiary alicyclic amines) is 1. The van der Waals surface area contributed by atoms with E-state index in [1.54, 1.807) is 12.0 Å². The molecule has 0 radical (unpaired) electrons. The summed E-state index contributed by atoms with van der Waals surface area (Å²) in [5, 5.41) is 0. The number of hydrogen-bond donors (Lipinski definition) is 1. The molecule has 1 saturated heterocycles. The normalized spacial score (nSPS) is 17.1. The predicted molar refractivity (Wildman–Crippen MR) is 70.7 cm³/mol. The van der Waals surface area contributed by atoms with Gasteiger partial charge in [0, 0.05) is 5.56 Å². The van der Waals surface area contributed by atoms with E-state index in [0.29, 0.717) is 0 Å². The van der Waals surface area contributed by atoms with Crippen molar-refractivity contribution in [3.8, 4) is 5.75 Å². The molecular formula is C15H24NO+. The fraction of sp³-hybridized carbons (Fsp3) is 0.600. The minimum absolute atomic E-state index is 1.01. The van der Waals surface area contributed by atoms with E-state index in [9.17, 15) is 0 Å². The molecular weight excluding hydrogens is 210 g/mol. The van der Waals surface area contributed by atoms with Gasteiger partial charge in [0.25, 0.3) is 0 Å². The Morgan fingerprint density at radius 1 is 1.06 bits per heavy atom. The lowest BCUT2D eigenvalue weighted by Crippen LogP contribution is -3.11. The van der Waals surface area contributed by atoms with Crippen molar-refractivity contribution in [2.45, 2.75) is 39.7 Å². The summed E-state index contributed by atoms with van der Waals surface area (Å²) < 4.78 is 5.36. The molecule has 1 N–H and O–H groups in total. The van der Waals surface area contributed by atoms with Crippen LogP contribution in [-0.4, -0.2) is 20.2 Å². The van der Waals surface area contributed by atoms with E-state index in [1.807, 2.05) is 0 Å². The minimum Gasteiger partial charge on any atom is -0.496 e. The molecule has 2 heteroatoms. The number of hydrogen-bond acceptors (Lipinski definition) is 1. The Balaban J connectivity index is 2.12. The molecule has 1 aliphatic rings. The summed E-state index contributed by atoms with van der Waals surface area (Å²) in [5.74, 6) is 1.01. The smallest absolute Gasteiger partial charge is 0.122 e. The van der Waals surface area contributed by atoms with Crippen molar-refractivity contribution < 1.29 is 9.64 Å². The third-order valence-corrected chi connectivity index (χ3v) is 4.07. The summed E-state index contributed by atoms with van der Waals surface area (Å²) in [4.78, 5) is 1.74. The highest BCUT2D eigenvalue weighted by Gasteiger charge is 2.16. The van der Waals surface area contributed by atoms with E-state index in [4.69, 9.17) is 4.74 Å². The number of rotatable bonds is 3. The Bertz CT molecular complexity index is 381. The molecule has 1 aromatic rings. The van der Waals surface area contributed by atoms with Gasteiger partial charge in [0.05, 0.1) is 20.2 Å². The third-order valence-electron chi connectivity index (χ3n) is 4.07. The van der Waals surface area contributed by atoms with Gasteiger partial charge in [0.2, 0.25) is 0 Å². The second-order valence-electron chi connectivity index (χ2n) is 5.16. The van der Waals surface area contributed by atoms with E-state index in [1.165, 1.54) is 55.6 Å². The number of piperidine rings is 1. The molecule has 0 aromatic heterocycles. The van der Waals surface area contributed by atoms with Gasteiger partial charge >= 0.3 is 0 Å². The summed E-state index contributed by atoms with van der Waals surface area (Å²) in [6.07, 6.45) is 4.21. The molecule has 0 amide bonds. The number of nitrogens with one attached hydrogen (secondary N) is 1. The molecule has 0 unspecified atom stereocenters. The van der Waals surface area contributed by atoms with Gasteiger partial charge in [0.15, 0.2) is 0 Å². The number of methoxy groups -OCH3 is 1. The number of quaternary nitrogens is 1. The van der Waals surface area contributed by atoms with Gasteiger partial charge in [-0.2, -0.15) is 0 Å². The monoisotopic (exact) mass is 234 g/mol. The van der Waals surface area contributed by atoms with Crippen LogP contribution in [0.25, 0.3) is 0 Å². The van der Waals surface area contributed by atoms with Crippen molar-refractivity contribution >= 4 is 0 Å². The Kier molecular flexibility index (Phi) is 4.06. The van der Waals surface area contributed by atoms with Crippen LogP contribution in [-0.2, 0) is 6.54 Å². The average Bonchev–Trinajstić information content (AvgIpc) is 2.37. The molecule has 0 saturated carbocycles. The molecule has 0 atom stereocenters. The maximum Gasteiger partial charge on any atom is 0.122 e. The highest BCUT2D eigenvalue weighted by Crippen LogP contribution is 2.23. The second kappa shape index (κ2) is 5.54. The molecule has 1 aromatic carbocycles. The van der Waals surface area contributed by atoms with Crippen molar-refractivity contribution in [1.82, 2.24) is 0 Å². The molecule has 0 spiro atoms. The fourth-order valence-corrected chi connectivity index (χ4v) is 2.76. The van der Waals surface area contributed by atoms with Gasteiger partial charge in [-0.1, -0.05) is 0 Å². The van der Waals surface area contributed by atoms with E-state index in [0.717, 1.165) is 5.75 Å². The first-order valence-electron chi connectivity index (χ1n) is 6.69. The van der Waals surface area contributed by atoms with Gasteiger partial charge in [-0.05, 0) is 56.4 Å². The standard InChI is InChI=1S/C15H23NO/c1-12-13(2)15(17-3)8-7-14(12)11-16-9-5-4-6-10-16/h7-8H,4-6,9-11H2,1-3H3/p+1. The molecule has 94 valence electrons. The lowest BCUT2D eigenvalue weighted by molar-refractivity contribution is -0.918. The van der Waals surface area contributed by atoms with Crippen LogP contribution in [0.4, 0.5) is 0 Å². The zero-order chi connectivity index (χ0) is 12.3. The van der Waals surface area contributed by atoms with E-state index in [2.05, 4.69) is 26.0 Å². The Morgan fingerprint density at radius 3 is 2.41 bits per heavy atom. The zero-order valence-corrected chi connectivity index (χ0v) is 11.3. The van der Waals surface area contributed by atoms with Gasteiger partial charge < -0.3 is 9.64 Å². The van der Waals surface area contributed by atoms with Gasteiger partial charge in [-0.25, -0.2) is 0 Å². The highest BCUT2D eigenvalue weighted by molar-refractivity contribution is 5.43. The lowest BCUT2D eigenvalue weighted by Gasteiger charge is -2.24. The molecule has 0 bridgehead atoms. The van der Waals surface area contributed by atoms with Gasteiger partial charge in [-0.3, -0.25) is 0 Å². The topological polar surface area (TPSA) is 13.7 Å². The molecule has 1 fully saturated rings. The average molecular weight is 234 g/mol. The van der Waals surface area contributed by atoms with E-state index in [-0.39, 0.29) is 0 Å². The van der Waals surface area contributed by atoms with Crippen LogP contribution in [0.5, 0.6) is 5.75 Å². The van der Waals surface area contributed by atoms with Gasteiger partial charge in [0.1, 0.15) is 12.3 Å². The summed E-state index contributed by atoms with van der Waals surface area (Å²) in [6, 6.07) is 4.35. The van der Waals surface area contributed by atoms with Crippen molar-refractivity contribution in [2.75, 3.05) is 20.2 Å². The van der Waals surface area contributed by atoms with Crippen LogP contribution < -0.4 is 9.64 Å². The second-order valence-corrected chi connectivity index (χ2v) is 5.16. The van der Waals surface area contributed by atoms with E-state index >= 15 is 0 Å². The maximum atomic E-state index is 5.36. The van der Waals surface area contributed by atoms with Gasteiger partial charge in [-0.15, -0.1) is 0 Å². The SMILES string of the molecule is COc1ccc(C[NH+]2CCCCC2)c(C)c1C. The van der Waals surface area contributed by atoms with Crippen molar-refractivity contribution in [3.63, 3.8) is 0 Å². The summed E-state index contributed by atoms with van der Waals surface area (Å²) in [5.41, 5.74) is 4.18. The molecule has 2 rings (SSSR count). The van der Waals surface area contributed by atoms with Crippen LogP contribution in [0.15, 0.2) is 12.1 Å². The fourth-order valence-electron chi connectivity index (χ4n) is 2.76. The Hall–Kier alpha value is -1.02. The summed E-state index contributed by atoms with van der Waals surface area (Å²) in [7, 11) is 1.75. The van der Waals surface area contributed by atoms with E-state index < -0.39 is 0 Å². The van der Waals surface area contributed by atoms with Crippen LogP contribution >= 0.6 is 0 Å². The third kappa shape index (κ3) is 2.81. The Morgan fingerprint density at radius 2 is 1.76 bits per heavy atom. The first-order valence-corrected chi connectivity index (χ1v) is 6.69. The van der Waals surface area contributed by atoms with Crippen molar-refractivity contribution in [3.05, 3.63) is 28.8 Å². The Labute approximate surface area is 105 Å². The lowest BCUT2D eigenvalue weighted by atomic mass is 10.0. The number of ether oxygens (including phenoxy) is 1. The molecule has 17 heavy (non-hydrogen) atoms. The molecule has 0 aliphatic carbocycles. The predicted octanol–water partition coefficient (Wildman–Crippen LogP) is 1.88. The number of benzene rings is 1. The first-order chi connectivity index (χ1) is 8.22. The van der Waals surface area contributed by atoms with Crippen molar-refractivity contribution in [2.24, 2.45) is 0 Å².